The van der Waals surface area contributed by atoms with Gasteiger partial charge in [0.2, 0.25) is 0 Å². The van der Waals surface area contributed by atoms with Gasteiger partial charge in [-0.3, -0.25) is 4.99 Å². The summed E-state index contributed by atoms with van der Waals surface area (Å²) in [5.41, 5.74) is 1.15. The number of aliphatic imine (C=N–C) groups is 1. The van der Waals surface area contributed by atoms with Gasteiger partial charge in [-0.25, -0.2) is 0 Å². The van der Waals surface area contributed by atoms with Gasteiger partial charge in [-0.1, -0.05) is 30.3 Å². The highest BCUT2D eigenvalue weighted by molar-refractivity contribution is 5.79. The molecular weight excluding hydrogens is 352 g/mol. The van der Waals surface area contributed by atoms with Crippen molar-refractivity contribution in [1.29, 1.82) is 0 Å². The first-order chi connectivity index (χ1) is 13.6. The fourth-order valence-corrected chi connectivity index (χ4v) is 2.58. The first-order valence-corrected chi connectivity index (χ1v) is 9.54. The third kappa shape index (κ3) is 7.88. The van der Waals surface area contributed by atoms with Crippen LogP contribution in [0.3, 0.4) is 0 Å². The maximum Gasteiger partial charge on any atom is 0.193 e. The summed E-state index contributed by atoms with van der Waals surface area (Å²) in [5.74, 6) is 2.60. The van der Waals surface area contributed by atoms with E-state index in [0.717, 1.165) is 36.1 Å². The zero-order valence-electron chi connectivity index (χ0n) is 17.4. The molecule has 2 rings (SSSR count). The van der Waals surface area contributed by atoms with E-state index in [9.17, 15) is 0 Å². The quantitative estimate of drug-likeness (QED) is 0.504. The monoisotopic (exact) mass is 384 g/mol. The van der Waals surface area contributed by atoms with Crippen LogP contribution in [0.25, 0.3) is 0 Å². The topological polar surface area (TPSA) is 49.3 Å². The molecule has 0 amide bonds. The zero-order valence-corrected chi connectivity index (χ0v) is 17.4. The number of hydrogen-bond donors (Lipinski definition) is 1. The molecule has 0 fully saturated rings. The minimum absolute atomic E-state index is 0.594. The summed E-state index contributed by atoms with van der Waals surface area (Å²) in [5, 5.41) is 3.39. The summed E-state index contributed by atoms with van der Waals surface area (Å²) in [6, 6.07) is 18.0. The summed E-state index contributed by atoms with van der Waals surface area (Å²) in [7, 11) is 7.87. The first-order valence-electron chi connectivity index (χ1n) is 9.54. The molecule has 2 aromatic carbocycles. The molecule has 2 aromatic rings. The van der Waals surface area contributed by atoms with E-state index in [0.29, 0.717) is 19.8 Å². The van der Waals surface area contributed by atoms with Gasteiger partial charge in [0.15, 0.2) is 5.96 Å². The Bertz CT molecular complexity index is 719. The van der Waals surface area contributed by atoms with Crippen LogP contribution in [0.2, 0.25) is 0 Å². The molecule has 0 aliphatic carbocycles. The molecule has 1 N–H and O–H groups in total. The van der Waals surface area contributed by atoms with Gasteiger partial charge in [-0.2, -0.15) is 0 Å². The van der Waals surface area contributed by atoms with E-state index in [4.69, 9.17) is 9.47 Å². The molecular formula is C22H32N4O2. The number of likely N-dealkylation sites (N-methyl/N-ethyl adjacent to an activating group) is 2. The second-order valence-electron chi connectivity index (χ2n) is 6.78. The number of benzene rings is 2. The van der Waals surface area contributed by atoms with Crippen molar-refractivity contribution in [2.75, 3.05) is 54.5 Å². The number of rotatable bonds is 10. The van der Waals surface area contributed by atoms with Gasteiger partial charge in [-0.15, -0.1) is 0 Å². The van der Waals surface area contributed by atoms with Crippen LogP contribution in [0.5, 0.6) is 11.5 Å². The number of para-hydroxylation sites is 1. The van der Waals surface area contributed by atoms with E-state index in [-0.39, 0.29) is 0 Å². The van der Waals surface area contributed by atoms with Gasteiger partial charge in [0.05, 0.1) is 6.54 Å². The van der Waals surface area contributed by atoms with E-state index in [1.807, 2.05) is 63.6 Å². The standard InChI is InChI=1S/C22H32N4O2/c1-23-22(26(4)14-16-27-20-10-6-5-7-11-20)24-18-19-9-8-12-21(17-19)28-15-13-25(2)3/h5-12,17H,13-16,18H2,1-4H3,(H,23,24). The largest absolute Gasteiger partial charge is 0.492 e. The second-order valence-corrected chi connectivity index (χ2v) is 6.78. The molecule has 152 valence electrons. The third-order valence-corrected chi connectivity index (χ3v) is 4.17. The van der Waals surface area contributed by atoms with Crippen molar-refractivity contribution in [3.8, 4) is 11.5 Å². The number of ether oxygens (including phenoxy) is 2. The summed E-state index contributed by atoms with van der Waals surface area (Å²) in [6.45, 7) is 3.58. The third-order valence-electron chi connectivity index (χ3n) is 4.17. The van der Waals surface area contributed by atoms with Crippen LogP contribution < -0.4 is 14.8 Å². The van der Waals surface area contributed by atoms with E-state index in [1.54, 1.807) is 7.05 Å². The first kappa shape index (κ1) is 21.6. The Morgan fingerprint density at radius 2 is 1.57 bits per heavy atom. The minimum atomic E-state index is 0.594. The van der Waals surface area contributed by atoms with Gasteiger partial charge >= 0.3 is 0 Å². The lowest BCUT2D eigenvalue weighted by molar-refractivity contribution is 0.261. The molecule has 6 nitrogen and oxygen atoms in total. The van der Waals surface area contributed by atoms with E-state index < -0.39 is 0 Å². The number of guanidine groups is 1. The van der Waals surface area contributed by atoms with Crippen LogP contribution in [-0.4, -0.2) is 70.3 Å². The highest BCUT2D eigenvalue weighted by Crippen LogP contribution is 2.13. The fourth-order valence-electron chi connectivity index (χ4n) is 2.58. The number of hydrogen-bond acceptors (Lipinski definition) is 4. The Labute approximate surface area is 168 Å². The second kappa shape index (κ2) is 11.9. The molecule has 0 atom stereocenters. The van der Waals surface area contributed by atoms with Gasteiger partial charge in [0.25, 0.3) is 0 Å². The van der Waals surface area contributed by atoms with Crippen molar-refractivity contribution in [1.82, 2.24) is 15.1 Å². The zero-order chi connectivity index (χ0) is 20.2. The van der Waals surface area contributed by atoms with Crippen molar-refractivity contribution < 1.29 is 9.47 Å². The van der Waals surface area contributed by atoms with E-state index >= 15 is 0 Å². The molecule has 0 bridgehead atoms. The van der Waals surface area contributed by atoms with Crippen LogP contribution in [0, 0.1) is 0 Å². The predicted molar refractivity (Wildman–Crippen MR) is 115 cm³/mol. The summed E-state index contributed by atoms with van der Waals surface area (Å²) < 4.78 is 11.6. The molecule has 0 saturated heterocycles. The Kier molecular flexibility index (Phi) is 9.15. The molecule has 6 heteroatoms. The number of nitrogens with zero attached hydrogens (tertiary/aromatic N) is 3. The highest BCUT2D eigenvalue weighted by atomic mass is 16.5. The maximum atomic E-state index is 5.81. The molecule has 0 aliphatic rings. The number of nitrogens with one attached hydrogen (secondary N) is 1. The lowest BCUT2D eigenvalue weighted by Gasteiger charge is -2.22. The van der Waals surface area contributed by atoms with Gasteiger partial charge < -0.3 is 24.6 Å². The molecule has 0 aromatic heterocycles. The fraction of sp³-hybridized carbons (Fsp3) is 0.409. The normalized spacial score (nSPS) is 11.4. The van der Waals surface area contributed by atoms with Crippen molar-refractivity contribution in [3.63, 3.8) is 0 Å². The average Bonchev–Trinajstić information content (AvgIpc) is 2.69. The molecule has 0 unspecified atom stereocenters. The summed E-state index contributed by atoms with van der Waals surface area (Å²) in [4.78, 5) is 8.52. The van der Waals surface area contributed by atoms with Crippen LogP contribution in [-0.2, 0) is 6.54 Å². The molecule has 0 saturated carbocycles. The Morgan fingerprint density at radius 3 is 2.29 bits per heavy atom. The Morgan fingerprint density at radius 1 is 0.893 bits per heavy atom. The van der Waals surface area contributed by atoms with Gasteiger partial charge in [-0.05, 0) is 43.9 Å². The van der Waals surface area contributed by atoms with Crippen molar-refractivity contribution in [3.05, 3.63) is 60.2 Å². The van der Waals surface area contributed by atoms with Crippen molar-refractivity contribution in [2.45, 2.75) is 6.54 Å². The smallest absolute Gasteiger partial charge is 0.193 e. The van der Waals surface area contributed by atoms with Crippen LogP contribution in [0.15, 0.2) is 59.6 Å². The predicted octanol–water partition coefficient (Wildman–Crippen LogP) is 2.71. The summed E-state index contributed by atoms with van der Waals surface area (Å²) >= 11 is 0. The van der Waals surface area contributed by atoms with Crippen molar-refractivity contribution in [2.24, 2.45) is 4.99 Å². The highest BCUT2D eigenvalue weighted by Gasteiger charge is 2.06. The van der Waals surface area contributed by atoms with Crippen LogP contribution in [0.4, 0.5) is 0 Å². The van der Waals surface area contributed by atoms with E-state index in [1.165, 1.54) is 0 Å². The van der Waals surface area contributed by atoms with Crippen molar-refractivity contribution >= 4 is 5.96 Å². The molecule has 28 heavy (non-hydrogen) atoms. The molecule has 0 spiro atoms. The Hall–Kier alpha value is -2.73. The molecule has 0 heterocycles. The van der Waals surface area contributed by atoms with Crippen LogP contribution >= 0.6 is 0 Å². The molecule has 0 aliphatic heterocycles. The molecule has 0 radical (unpaired) electrons. The lowest BCUT2D eigenvalue weighted by Crippen LogP contribution is -2.40. The lowest BCUT2D eigenvalue weighted by atomic mass is 10.2. The maximum absolute atomic E-state index is 5.81. The van der Waals surface area contributed by atoms with E-state index in [2.05, 4.69) is 32.2 Å². The minimum Gasteiger partial charge on any atom is -0.492 e. The summed E-state index contributed by atoms with van der Waals surface area (Å²) in [6.07, 6.45) is 0. The van der Waals surface area contributed by atoms with Gasteiger partial charge in [0, 0.05) is 27.2 Å². The van der Waals surface area contributed by atoms with Crippen LogP contribution in [0.1, 0.15) is 5.56 Å². The van der Waals surface area contributed by atoms with Gasteiger partial charge in [0.1, 0.15) is 24.7 Å². The Balaban J connectivity index is 1.77. The average molecular weight is 385 g/mol. The SMILES string of the molecule is CN=C(NCc1cccc(OCCN(C)C)c1)N(C)CCOc1ccccc1.